The van der Waals surface area contributed by atoms with Crippen LogP contribution in [0.15, 0.2) is 213 Å². The van der Waals surface area contributed by atoms with Crippen molar-refractivity contribution in [3.05, 3.63) is 224 Å². The molecule has 0 bridgehead atoms. The van der Waals surface area contributed by atoms with Crippen molar-refractivity contribution >= 4 is 16.8 Å². The fourth-order valence-electron chi connectivity index (χ4n) is 4.44. The van der Waals surface area contributed by atoms with Gasteiger partial charge in [-0.05, 0) is 97.2 Å². The number of allylic oxidation sites excluding steroid dienone is 18. The summed E-state index contributed by atoms with van der Waals surface area (Å²) in [5.41, 5.74) is 8.48. The first-order valence-corrected chi connectivity index (χ1v) is 20.0. The van der Waals surface area contributed by atoms with Gasteiger partial charge < -0.3 is 9.80 Å². The van der Waals surface area contributed by atoms with Crippen LogP contribution in [0.5, 0.6) is 0 Å². The fraction of sp³-hybridized carbons (Fsp3) is 0.273. The molecule has 0 aliphatic carbocycles. The molecule has 0 saturated heterocycles. The van der Waals surface area contributed by atoms with Crippen LogP contribution in [0.4, 0.5) is 5.69 Å². The molecule has 0 atom stereocenters. The molecule has 2 rings (SSSR count). The molecule has 2 heteroatoms. The Kier molecular flexibility index (Phi) is 39.4. The number of para-hydroxylation sites is 1. The van der Waals surface area contributed by atoms with E-state index in [1.807, 2.05) is 157 Å². The Morgan fingerprint density at radius 3 is 1.67 bits per heavy atom. The number of benzene rings is 2. The van der Waals surface area contributed by atoms with E-state index < -0.39 is 0 Å². The predicted molar refractivity (Wildman–Crippen MR) is 268 cm³/mol. The number of rotatable bonds is 17. The van der Waals surface area contributed by atoms with Crippen LogP contribution in [-0.2, 0) is 0 Å². The summed E-state index contributed by atoms with van der Waals surface area (Å²) < 4.78 is 0. The van der Waals surface area contributed by atoms with E-state index in [0.717, 1.165) is 50.7 Å². The number of hydrogen-bond donors (Lipinski definition) is 0. The lowest BCUT2D eigenvalue weighted by molar-refractivity contribution is 0.418. The van der Waals surface area contributed by atoms with Gasteiger partial charge in [0.25, 0.3) is 0 Å². The Bertz CT molecular complexity index is 1800. The summed E-state index contributed by atoms with van der Waals surface area (Å²) in [7, 11) is 2.12. The lowest BCUT2D eigenvalue weighted by atomic mass is 10.00. The topological polar surface area (TPSA) is 6.48 Å². The number of nitrogens with zero attached hydrogens (tertiary/aromatic N) is 2. The highest BCUT2D eigenvalue weighted by Crippen LogP contribution is 2.21. The normalized spacial score (nSPS) is 12.0. The smallest absolute Gasteiger partial charge is 0.0455 e. The summed E-state index contributed by atoms with van der Waals surface area (Å²) in [4.78, 5) is 4.30. The molecular formula is C55H80N2. The van der Waals surface area contributed by atoms with Crippen LogP contribution in [0, 0.1) is 0 Å². The Hall–Kier alpha value is -5.60. The van der Waals surface area contributed by atoms with E-state index in [4.69, 9.17) is 0 Å². The Morgan fingerprint density at radius 2 is 1.16 bits per heavy atom. The van der Waals surface area contributed by atoms with Gasteiger partial charge in [-0.15, -0.1) is 0 Å². The third-order valence-corrected chi connectivity index (χ3v) is 7.74. The van der Waals surface area contributed by atoms with Gasteiger partial charge in [0.1, 0.15) is 0 Å². The van der Waals surface area contributed by atoms with Gasteiger partial charge >= 0.3 is 0 Å². The van der Waals surface area contributed by atoms with Crippen molar-refractivity contribution in [2.75, 3.05) is 18.5 Å². The molecule has 0 fully saturated rings. The van der Waals surface area contributed by atoms with Gasteiger partial charge in [0.05, 0.1) is 0 Å². The summed E-state index contributed by atoms with van der Waals surface area (Å²) in [5.74, 6) is 0. The summed E-state index contributed by atoms with van der Waals surface area (Å²) in [6, 6.07) is 18.4. The van der Waals surface area contributed by atoms with Crippen LogP contribution in [0.1, 0.15) is 90.0 Å². The van der Waals surface area contributed by atoms with Crippen molar-refractivity contribution in [3.63, 3.8) is 0 Å². The zero-order valence-electron chi connectivity index (χ0n) is 37.4. The average Bonchev–Trinajstić information content (AvgIpc) is 3.24. The van der Waals surface area contributed by atoms with Gasteiger partial charge in [-0.25, -0.2) is 0 Å². The van der Waals surface area contributed by atoms with E-state index in [2.05, 4.69) is 109 Å². The zero-order valence-corrected chi connectivity index (χ0v) is 37.4. The summed E-state index contributed by atoms with van der Waals surface area (Å²) in [6.07, 6.45) is 30.5. The fourth-order valence-corrected chi connectivity index (χ4v) is 4.44. The molecule has 2 aromatic carbocycles. The minimum absolute atomic E-state index is 0. The molecule has 2 aromatic rings. The van der Waals surface area contributed by atoms with Gasteiger partial charge in [-0.3, -0.25) is 0 Å². The maximum Gasteiger partial charge on any atom is 0.0455 e. The van der Waals surface area contributed by atoms with Crippen molar-refractivity contribution in [2.24, 2.45) is 0 Å². The molecule has 0 N–H and O–H groups in total. The minimum Gasteiger partial charge on any atom is -0.378 e. The molecule has 0 unspecified atom stereocenters. The van der Waals surface area contributed by atoms with Gasteiger partial charge in [0.2, 0.25) is 0 Å². The third-order valence-electron chi connectivity index (χ3n) is 7.74. The Balaban J connectivity index is -0.000000561. The predicted octanol–water partition coefficient (Wildman–Crippen LogP) is 15.3. The van der Waals surface area contributed by atoms with E-state index in [9.17, 15) is 0 Å². The molecule has 0 aromatic heterocycles. The molecule has 0 aliphatic heterocycles. The van der Waals surface area contributed by atoms with Crippen LogP contribution < -0.4 is 15.3 Å². The Labute approximate surface area is 352 Å². The largest absolute Gasteiger partial charge is 0.378 e. The van der Waals surface area contributed by atoms with Crippen LogP contribution in [0.3, 0.4) is 0 Å². The van der Waals surface area contributed by atoms with Crippen LogP contribution in [0.25, 0.3) is 11.1 Å². The lowest BCUT2D eigenvalue weighted by Crippen LogP contribution is -2.28. The van der Waals surface area contributed by atoms with Crippen LogP contribution in [-0.4, -0.2) is 18.5 Å². The van der Waals surface area contributed by atoms with Gasteiger partial charge in [-0.2, -0.15) is 0 Å². The average molecular weight is 769 g/mol. The standard InChI is InChI=1S/C35H35N.C13H23N.3C2H6.CH4/c1-7-10-12-17-23-34(35-25-19-18-24-33(35)29(4)9-3)30(5)26-27-31(6)36(28-20-13-11-8-2)32-21-15-14-16-22-32;1-7-10-14(6)13(5)9-8-12(4)11(2)3;3*1-2;/h7-28H,1-3,5-6H2,4H3;8-9H,2,7,10H2,1,3-6H3;3*1-2H3;1H4/b12-10-,13-11-,23-17+,27-26-,28-20+,33-29+,35-34+;12-8+,13-9+;;;;. The molecule has 0 aliphatic rings. The van der Waals surface area contributed by atoms with Gasteiger partial charge in [0, 0.05) is 36.9 Å². The second kappa shape index (κ2) is 38.7. The van der Waals surface area contributed by atoms with Crippen molar-refractivity contribution in [2.45, 2.75) is 90.0 Å². The molecular weight excluding hydrogens is 689 g/mol. The monoisotopic (exact) mass is 769 g/mol. The van der Waals surface area contributed by atoms with E-state index >= 15 is 0 Å². The van der Waals surface area contributed by atoms with Crippen molar-refractivity contribution in [3.8, 4) is 0 Å². The zero-order chi connectivity index (χ0) is 43.3. The first-order chi connectivity index (χ1) is 27.0. The Morgan fingerprint density at radius 1 is 0.632 bits per heavy atom. The van der Waals surface area contributed by atoms with Crippen molar-refractivity contribution in [1.29, 1.82) is 0 Å². The molecule has 0 heterocycles. The second-order valence-electron chi connectivity index (χ2n) is 11.7. The quantitative estimate of drug-likeness (QED) is 0.148. The molecule has 0 spiro atoms. The molecule has 310 valence electrons. The summed E-state index contributed by atoms with van der Waals surface area (Å²) >= 11 is 0. The molecule has 2 nitrogen and oxygen atoms in total. The summed E-state index contributed by atoms with van der Waals surface area (Å²) in [5, 5.41) is 2.21. The van der Waals surface area contributed by atoms with E-state index in [0.29, 0.717) is 0 Å². The summed E-state index contributed by atoms with van der Waals surface area (Å²) in [6.45, 7) is 47.7. The highest BCUT2D eigenvalue weighted by Gasteiger charge is 2.06. The molecule has 0 radical (unpaired) electrons. The van der Waals surface area contributed by atoms with Crippen molar-refractivity contribution in [1.82, 2.24) is 4.90 Å². The molecule has 57 heavy (non-hydrogen) atoms. The maximum absolute atomic E-state index is 4.39. The highest BCUT2D eigenvalue weighted by molar-refractivity contribution is 5.77. The second-order valence-corrected chi connectivity index (χ2v) is 11.7. The first kappa shape index (κ1) is 58.1. The molecule has 0 saturated carbocycles. The van der Waals surface area contributed by atoms with Crippen molar-refractivity contribution < 1.29 is 0 Å². The number of anilines is 1. The van der Waals surface area contributed by atoms with E-state index in [1.165, 1.54) is 17.7 Å². The minimum atomic E-state index is 0. The first-order valence-electron chi connectivity index (χ1n) is 20.0. The van der Waals surface area contributed by atoms with E-state index in [1.54, 1.807) is 12.2 Å². The van der Waals surface area contributed by atoms with Gasteiger partial charge in [-0.1, -0.05) is 210 Å². The highest BCUT2D eigenvalue weighted by atomic mass is 15.1. The SMILES string of the molecule is C.C=C(C)/C(C)=C/C=C(\C)N(C)CCC.C=C\C=C/C=C/C(C(=C)/C=C\C(=C)N(/C=C/C=C\C=C)c1ccccc1)=c1/cccc/c1=C(/C)C=C.CC.CC.CC. The maximum atomic E-state index is 4.39. The van der Waals surface area contributed by atoms with Crippen LogP contribution in [0.2, 0.25) is 0 Å². The van der Waals surface area contributed by atoms with Gasteiger partial charge in [0.15, 0.2) is 0 Å². The molecule has 0 amide bonds. The van der Waals surface area contributed by atoms with E-state index in [-0.39, 0.29) is 7.43 Å². The lowest BCUT2D eigenvalue weighted by Gasteiger charge is -2.21. The number of hydrogen-bond acceptors (Lipinski definition) is 2. The third kappa shape index (κ3) is 25.2. The van der Waals surface area contributed by atoms with Crippen LogP contribution >= 0.6 is 0 Å².